The van der Waals surface area contributed by atoms with E-state index in [0.717, 1.165) is 27.1 Å². The summed E-state index contributed by atoms with van der Waals surface area (Å²) >= 11 is 3.41. The largest absolute Gasteiger partial charge is 0.295 e. The minimum Gasteiger partial charge on any atom is -0.295 e. The lowest BCUT2D eigenvalue weighted by molar-refractivity contribution is 0.956. The van der Waals surface area contributed by atoms with Crippen LogP contribution in [0.1, 0.15) is 10.7 Å². The molecule has 0 bridgehead atoms. The van der Waals surface area contributed by atoms with Gasteiger partial charge in [0, 0.05) is 17.3 Å². The maximum absolute atomic E-state index is 4.45. The highest BCUT2D eigenvalue weighted by Crippen LogP contribution is 2.23. The first-order chi connectivity index (χ1) is 8.33. The van der Waals surface area contributed by atoms with Crippen molar-refractivity contribution in [1.29, 1.82) is 0 Å². The number of imidazole rings is 1. The first kappa shape index (κ1) is 10.8. The Morgan fingerprint density at radius 3 is 3.18 bits per heavy atom. The van der Waals surface area contributed by atoms with Crippen LogP contribution in [0.4, 0.5) is 0 Å². The van der Waals surface area contributed by atoms with Gasteiger partial charge in [-0.05, 0) is 19.1 Å². The second kappa shape index (κ2) is 4.50. The van der Waals surface area contributed by atoms with Crippen molar-refractivity contribution in [3.63, 3.8) is 0 Å². The Labute approximate surface area is 108 Å². The van der Waals surface area contributed by atoms with Crippen LogP contribution in [0, 0.1) is 6.92 Å². The highest BCUT2D eigenvalue weighted by atomic mass is 32.2. The van der Waals surface area contributed by atoms with Crippen molar-refractivity contribution in [3.05, 3.63) is 46.7 Å². The average Bonchev–Trinajstić information content (AvgIpc) is 2.93. The Hall–Kier alpha value is -1.33. The fourth-order valence-corrected chi connectivity index (χ4v) is 3.21. The fraction of sp³-hybridized carbons (Fsp3) is 0.167. The molecule has 3 rings (SSSR count). The van der Waals surface area contributed by atoms with Gasteiger partial charge >= 0.3 is 0 Å². The summed E-state index contributed by atoms with van der Waals surface area (Å²) < 4.78 is 2.10. The maximum atomic E-state index is 4.45. The number of thiazole rings is 1. The number of aryl methyl sites for hydroxylation is 1. The van der Waals surface area contributed by atoms with Gasteiger partial charge in [0.2, 0.25) is 0 Å². The highest BCUT2D eigenvalue weighted by Gasteiger charge is 2.05. The van der Waals surface area contributed by atoms with Gasteiger partial charge in [-0.2, -0.15) is 0 Å². The minimum atomic E-state index is 0.873. The van der Waals surface area contributed by atoms with Gasteiger partial charge in [0.1, 0.15) is 0 Å². The Bertz CT molecular complexity index is 642. The van der Waals surface area contributed by atoms with Crippen molar-refractivity contribution in [3.8, 4) is 0 Å². The third-order valence-corrected chi connectivity index (χ3v) is 4.24. The zero-order valence-electron chi connectivity index (χ0n) is 9.33. The number of hydrogen-bond donors (Lipinski definition) is 0. The molecule has 5 heteroatoms. The lowest BCUT2D eigenvalue weighted by atomic mass is 10.4. The van der Waals surface area contributed by atoms with Crippen LogP contribution in [0.3, 0.4) is 0 Å². The Balaban J connectivity index is 1.81. The molecule has 17 heavy (non-hydrogen) atoms. The molecule has 0 fully saturated rings. The second-order valence-corrected chi connectivity index (χ2v) is 5.69. The van der Waals surface area contributed by atoms with Crippen molar-refractivity contribution in [2.24, 2.45) is 0 Å². The van der Waals surface area contributed by atoms with Crippen LogP contribution in [0.15, 0.2) is 41.1 Å². The van der Waals surface area contributed by atoms with E-state index in [2.05, 4.69) is 25.8 Å². The monoisotopic (exact) mass is 261 g/mol. The van der Waals surface area contributed by atoms with E-state index >= 15 is 0 Å². The van der Waals surface area contributed by atoms with E-state index in [-0.39, 0.29) is 0 Å². The maximum Gasteiger partial charge on any atom is 0.172 e. The van der Waals surface area contributed by atoms with E-state index in [1.165, 1.54) is 0 Å². The lowest BCUT2D eigenvalue weighted by Crippen LogP contribution is -1.87. The van der Waals surface area contributed by atoms with Crippen LogP contribution in [0.5, 0.6) is 0 Å². The molecule has 3 aromatic heterocycles. The lowest BCUT2D eigenvalue weighted by Gasteiger charge is -1.98. The molecule has 86 valence electrons. The molecule has 0 spiro atoms. The molecule has 0 radical (unpaired) electrons. The number of thioether (sulfide) groups is 1. The van der Waals surface area contributed by atoms with Crippen LogP contribution >= 0.6 is 23.1 Å². The molecule has 3 heterocycles. The predicted octanol–water partition coefficient (Wildman–Crippen LogP) is 3.39. The molecule has 0 saturated heterocycles. The van der Waals surface area contributed by atoms with Crippen molar-refractivity contribution < 1.29 is 0 Å². The van der Waals surface area contributed by atoms with Gasteiger partial charge in [-0.15, -0.1) is 11.3 Å². The van der Waals surface area contributed by atoms with Crippen LogP contribution in [-0.2, 0) is 5.75 Å². The van der Waals surface area contributed by atoms with Crippen molar-refractivity contribution in [2.45, 2.75) is 17.8 Å². The van der Waals surface area contributed by atoms with Gasteiger partial charge in [-0.3, -0.25) is 4.40 Å². The molecular weight excluding hydrogens is 250 g/mol. The topological polar surface area (TPSA) is 30.2 Å². The first-order valence-electron chi connectivity index (χ1n) is 5.29. The molecule has 0 aliphatic heterocycles. The van der Waals surface area contributed by atoms with E-state index in [0.29, 0.717) is 0 Å². The second-order valence-electron chi connectivity index (χ2n) is 3.68. The third kappa shape index (κ3) is 2.21. The molecular formula is C12H11N3S2. The summed E-state index contributed by atoms with van der Waals surface area (Å²) in [4.78, 5) is 8.87. The smallest absolute Gasteiger partial charge is 0.172 e. The van der Waals surface area contributed by atoms with E-state index in [1.807, 2.05) is 31.5 Å². The fourth-order valence-electron chi connectivity index (χ4n) is 1.64. The summed E-state index contributed by atoms with van der Waals surface area (Å²) in [5.74, 6) is 0.873. The number of nitrogens with zero attached hydrogens (tertiary/aromatic N) is 3. The molecule has 0 N–H and O–H groups in total. The summed E-state index contributed by atoms with van der Waals surface area (Å²) in [7, 11) is 0. The van der Waals surface area contributed by atoms with Gasteiger partial charge in [-0.25, -0.2) is 9.97 Å². The van der Waals surface area contributed by atoms with Gasteiger partial charge < -0.3 is 0 Å². The third-order valence-electron chi connectivity index (χ3n) is 2.42. The number of pyridine rings is 1. The van der Waals surface area contributed by atoms with Gasteiger partial charge in [-0.1, -0.05) is 17.8 Å². The summed E-state index contributed by atoms with van der Waals surface area (Å²) in [5.41, 5.74) is 2.26. The summed E-state index contributed by atoms with van der Waals surface area (Å²) in [5, 5.41) is 4.25. The molecule has 0 amide bonds. The van der Waals surface area contributed by atoms with Gasteiger partial charge in [0.25, 0.3) is 0 Å². The van der Waals surface area contributed by atoms with Gasteiger partial charge in [0.15, 0.2) is 5.16 Å². The van der Waals surface area contributed by atoms with Crippen LogP contribution < -0.4 is 0 Å². The van der Waals surface area contributed by atoms with Crippen molar-refractivity contribution >= 4 is 28.6 Å². The Kier molecular flexibility index (Phi) is 2.86. The zero-order chi connectivity index (χ0) is 11.7. The highest BCUT2D eigenvalue weighted by molar-refractivity contribution is 7.98. The summed E-state index contributed by atoms with van der Waals surface area (Å²) in [6.45, 7) is 2.03. The molecule has 0 aliphatic carbocycles. The molecule has 0 unspecified atom stereocenters. The molecule has 0 saturated carbocycles. The van der Waals surface area contributed by atoms with E-state index in [1.54, 1.807) is 23.1 Å². The molecule has 0 atom stereocenters. The SMILES string of the molecule is Cc1nc(CSc2ncc3ccccn23)cs1. The van der Waals surface area contributed by atoms with Crippen LogP contribution in [0.25, 0.3) is 5.52 Å². The molecule has 0 aliphatic rings. The van der Waals surface area contributed by atoms with E-state index < -0.39 is 0 Å². The summed E-state index contributed by atoms with van der Waals surface area (Å²) in [6.07, 6.45) is 3.94. The number of aromatic nitrogens is 3. The van der Waals surface area contributed by atoms with Crippen molar-refractivity contribution in [2.75, 3.05) is 0 Å². The predicted molar refractivity (Wildman–Crippen MR) is 71.6 cm³/mol. The summed E-state index contributed by atoms with van der Waals surface area (Å²) in [6, 6.07) is 6.10. The van der Waals surface area contributed by atoms with Gasteiger partial charge in [0.05, 0.1) is 22.4 Å². The number of fused-ring (bicyclic) bond motifs is 1. The Morgan fingerprint density at radius 1 is 1.41 bits per heavy atom. The van der Waals surface area contributed by atoms with E-state index in [9.17, 15) is 0 Å². The zero-order valence-corrected chi connectivity index (χ0v) is 11.0. The molecule has 0 aromatic carbocycles. The van der Waals surface area contributed by atoms with E-state index in [4.69, 9.17) is 0 Å². The van der Waals surface area contributed by atoms with Crippen LogP contribution in [0.2, 0.25) is 0 Å². The quantitative estimate of drug-likeness (QED) is 0.677. The van der Waals surface area contributed by atoms with Crippen LogP contribution in [-0.4, -0.2) is 14.4 Å². The molecule has 3 aromatic rings. The number of rotatable bonds is 3. The average molecular weight is 261 g/mol. The number of hydrogen-bond acceptors (Lipinski definition) is 4. The first-order valence-corrected chi connectivity index (χ1v) is 7.15. The Morgan fingerprint density at radius 2 is 2.35 bits per heavy atom. The normalized spacial score (nSPS) is 11.1. The van der Waals surface area contributed by atoms with Crippen molar-refractivity contribution in [1.82, 2.24) is 14.4 Å². The standard InChI is InChI=1S/C12H11N3S2/c1-9-14-10(7-16-9)8-17-12-13-6-11-4-2-3-5-15(11)12/h2-7H,8H2,1H3. The molecule has 3 nitrogen and oxygen atoms in total. The minimum absolute atomic E-state index is 0.873.